The van der Waals surface area contributed by atoms with E-state index >= 15 is 0 Å². The van der Waals surface area contributed by atoms with Crippen LogP contribution in [0.4, 0.5) is 0 Å². The number of hydrogen-bond acceptors (Lipinski definition) is 2. The molecule has 2 nitrogen and oxygen atoms in total. The van der Waals surface area contributed by atoms with E-state index in [0.717, 1.165) is 25.1 Å². The molecule has 1 N–H and O–H groups in total. The van der Waals surface area contributed by atoms with Gasteiger partial charge in [0.05, 0.1) is 0 Å². The Labute approximate surface area is 99.0 Å². The van der Waals surface area contributed by atoms with Crippen LogP contribution in [0, 0.1) is 0 Å². The summed E-state index contributed by atoms with van der Waals surface area (Å²) in [5.41, 5.74) is 0. The summed E-state index contributed by atoms with van der Waals surface area (Å²) < 4.78 is 5.90. The highest BCUT2D eigenvalue weighted by molar-refractivity contribution is 5.21. The quantitative estimate of drug-likeness (QED) is 0.763. The zero-order valence-corrected chi connectivity index (χ0v) is 10.6. The molecule has 2 heteroatoms. The van der Waals surface area contributed by atoms with Crippen molar-refractivity contribution in [3.05, 3.63) is 30.3 Å². The Bertz CT molecular complexity index is 273. The molecule has 0 bridgehead atoms. The topological polar surface area (TPSA) is 21.3 Å². The molecule has 0 aliphatic rings. The zero-order valence-electron chi connectivity index (χ0n) is 10.6. The monoisotopic (exact) mass is 221 g/mol. The molecule has 1 aromatic rings. The number of ether oxygens (including phenoxy) is 1. The first-order chi connectivity index (χ1) is 7.77. The van der Waals surface area contributed by atoms with E-state index in [4.69, 9.17) is 4.74 Å². The molecule has 0 aromatic heterocycles. The SMILES string of the molecule is CCCNC(CC)C(C)Oc1ccccc1. The Morgan fingerprint density at radius 2 is 1.88 bits per heavy atom. The molecule has 90 valence electrons. The summed E-state index contributed by atoms with van der Waals surface area (Å²) in [4.78, 5) is 0. The summed E-state index contributed by atoms with van der Waals surface area (Å²) >= 11 is 0. The fourth-order valence-corrected chi connectivity index (χ4v) is 1.77. The van der Waals surface area contributed by atoms with Gasteiger partial charge < -0.3 is 10.1 Å². The third-order valence-corrected chi connectivity index (χ3v) is 2.73. The highest BCUT2D eigenvalue weighted by atomic mass is 16.5. The average Bonchev–Trinajstić information content (AvgIpc) is 2.31. The van der Waals surface area contributed by atoms with Crippen LogP contribution in [0.5, 0.6) is 5.75 Å². The van der Waals surface area contributed by atoms with Gasteiger partial charge in [0.2, 0.25) is 0 Å². The molecule has 0 saturated heterocycles. The third-order valence-electron chi connectivity index (χ3n) is 2.73. The van der Waals surface area contributed by atoms with Gasteiger partial charge in [0.15, 0.2) is 0 Å². The maximum Gasteiger partial charge on any atom is 0.119 e. The Kier molecular flexibility index (Phi) is 5.94. The number of nitrogens with one attached hydrogen (secondary N) is 1. The highest BCUT2D eigenvalue weighted by Gasteiger charge is 2.15. The molecule has 0 aliphatic heterocycles. The van der Waals surface area contributed by atoms with Crippen molar-refractivity contribution in [1.29, 1.82) is 0 Å². The van der Waals surface area contributed by atoms with Gasteiger partial charge in [0.25, 0.3) is 0 Å². The minimum absolute atomic E-state index is 0.207. The van der Waals surface area contributed by atoms with Gasteiger partial charge in [-0.15, -0.1) is 0 Å². The van der Waals surface area contributed by atoms with Gasteiger partial charge in [0, 0.05) is 6.04 Å². The lowest BCUT2D eigenvalue weighted by Gasteiger charge is -2.24. The second kappa shape index (κ2) is 7.29. The lowest BCUT2D eigenvalue weighted by atomic mass is 10.1. The number of rotatable bonds is 7. The molecular weight excluding hydrogens is 198 g/mol. The fraction of sp³-hybridized carbons (Fsp3) is 0.571. The maximum atomic E-state index is 5.90. The molecule has 1 aromatic carbocycles. The molecule has 0 radical (unpaired) electrons. The minimum Gasteiger partial charge on any atom is -0.489 e. The molecule has 0 saturated carbocycles. The second-order valence-electron chi connectivity index (χ2n) is 4.10. The van der Waals surface area contributed by atoms with Gasteiger partial charge in [-0.25, -0.2) is 0 Å². The van der Waals surface area contributed by atoms with Crippen molar-refractivity contribution in [2.24, 2.45) is 0 Å². The normalized spacial score (nSPS) is 14.4. The van der Waals surface area contributed by atoms with Crippen molar-refractivity contribution in [3.63, 3.8) is 0 Å². The summed E-state index contributed by atoms with van der Waals surface area (Å²) in [6, 6.07) is 10.4. The lowest BCUT2D eigenvalue weighted by Crippen LogP contribution is -2.41. The van der Waals surface area contributed by atoms with Gasteiger partial charge in [0.1, 0.15) is 11.9 Å². The van der Waals surface area contributed by atoms with E-state index in [-0.39, 0.29) is 6.10 Å². The summed E-state index contributed by atoms with van der Waals surface area (Å²) in [7, 11) is 0. The minimum atomic E-state index is 0.207. The highest BCUT2D eigenvalue weighted by Crippen LogP contribution is 2.13. The van der Waals surface area contributed by atoms with Crippen molar-refractivity contribution < 1.29 is 4.74 Å². The number of hydrogen-bond donors (Lipinski definition) is 1. The largest absolute Gasteiger partial charge is 0.489 e. The van der Waals surface area contributed by atoms with E-state index in [1.54, 1.807) is 0 Å². The summed E-state index contributed by atoms with van der Waals surface area (Å²) in [6.07, 6.45) is 2.46. The number of para-hydroxylation sites is 1. The van der Waals surface area contributed by atoms with Crippen LogP contribution in [0.15, 0.2) is 30.3 Å². The molecule has 0 fully saturated rings. The predicted octanol–water partition coefficient (Wildman–Crippen LogP) is 3.23. The molecule has 16 heavy (non-hydrogen) atoms. The summed E-state index contributed by atoms with van der Waals surface area (Å²) in [5, 5.41) is 3.51. The Morgan fingerprint density at radius 3 is 2.44 bits per heavy atom. The molecule has 0 heterocycles. The van der Waals surface area contributed by atoms with E-state index < -0.39 is 0 Å². The van der Waals surface area contributed by atoms with Gasteiger partial charge in [-0.3, -0.25) is 0 Å². The van der Waals surface area contributed by atoms with E-state index in [0.29, 0.717) is 6.04 Å². The van der Waals surface area contributed by atoms with Gasteiger partial charge >= 0.3 is 0 Å². The lowest BCUT2D eigenvalue weighted by molar-refractivity contribution is 0.167. The van der Waals surface area contributed by atoms with Crippen molar-refractivity contribution in [2.75, 3.05) is 6.54 Å². The van der Waals surface area contributed by atoms with Crippen LogP contribution < -0.4 is 10.1 Å². The van der Waals surface area contributed by atoms with Crippen LogP contribution in [0.2, 0.25) is 0 Å². The van der Waals surface area contributed by atoms with Gasteiger partial charge in [-0.05, 0) is 38.4 Å². The van der Waals surface area contributed by atoms with Crippen LogP contribution in [0.25, 0.3) is 0 Å². The summed E-state index contributed by atoms with van der Waals surface area (Å²) in [5.74, 6) is 0.951. The molecular formula is C14H23NO. The van der Waals surface area contributed by atoms with Crippen LogP contribution in [-0.2, 0) is 0 Å². The van der Waals surface area contributed by atoms with E-state index in [1.165, 1.54) is 0 Å². The first-order valence-electron chi connectivity index (χ1n) is 6.23. The van der Waals surface area contributed by atoms with Crippen molar-refractivity contribution in [2.45, 2.75) is 45.8 Å². The van der Waals surface area contributed by atoms with E-state index in [2.05, 4.69) is 26.1 Å². The Morgan fingerprint density at radius 1 is 1.19 bits per heavy atom. The Balaban J connectivity index is 2.46. The van der Waals surface area contributed by atoms with Crippen molar-refractivity contribution >= 4 is 0 Å². The second-order valence-corrected chi connectivity index (χ2v) is 4.10. The first kappa shape index (κ1) is 13.0. The van der Waals surface area contributed by atoms with Crippen LogP contribution in [-0.4, -0.2) is 18.7 Å². The first-order valence-corrected chi connectivity index (χ1v) is 6.23. The smallest absolute Gasteiger partial charge is 0.119 e. The Hall–Kier alpha value is -1.02. The molecule has 0 aliphatic carbocycles. The van der Waals surface area contributed by atoms with E-state index in [1.807, 2.05) is 30.3 Å². The molecule has 1 rings (SSSR count). The standard InChI is InChI=1S/C14H23NO/c1-4-11-15-14(5-2)12(3)16-13-9-7-6-8-10-13/h6-10,12,14-15H,4-5,11H2,1-3H3. The molecule has 2 unspecified atom stereocenters. The fourth-order valence-electron chi connectivity index (χ4n) is 1.77. The van der Waals surface area contributed by atoms with Crippen molar-refractivity contribution in [1.82, 2.24) is 5.32 Å². The van der Waals surface area contributed by atoms with E-state index in [9.17, 15) is 0 Å². The summed E-state index contributed by atoms with van der Waals surface area (Å²) in [6.45, 7) is 7.56. The van der Waals surface area contributed by atoms with Crippen LogP contribution >= 0.6 is 0 Å². The maximum absolute atomic E-state index is 5.90. The average molecular weight is 221 g/mol. The zero-order chi connectivity index (χ0) is 11.8. The van der Waals surface area contributed by atoms with Gasteiger partial charge in [-0.1, -0.05) is 32.0 Å². The molecule has 0 spiro atoms. The van der Waals surface area contributed by atoms with Crippen molar-refractivity contribution in [3.8, 4) is 5.75 Å². The van der Waals surface area contributed by atoms with Gasteiger partial charge in [-0.2, -0.15) is 0 Å². The predicted molar refractivity (Wildman–Crippen MR) is 68.9 cm³/mol. The number of benzene rings is 1. The molecule has 0 amide bonds. The molecule has 2 atom stereocenters. The van der Waals surface area contributed by atoms with Crippen LogP contribution in [0.1, 0.15) is 33.6 Å². The third kappa shape index (κ3) is 4.23. The van der Waals surface area contributed by atoms with Crippen LogP contribution in [0.3, 0.4) is 0 Å².